The standard InChI is InChI=1S/C25H25NO6/c1-6-12-32-19-9-7-8-17(13-19)14-20-23(25(28)31-5)16(2)26(24(20)27)18-10-11-21(29-3)22(15-18)30-4/h6-11,13-15H,1,12H2,2-5H3/b20-14-. The maximum Gasteiger partial charge on any atom is 0.340 e. The van der Waals surface area contributed by atoms with Gasteiger partial charge >= 0.3 is 5.97 Å². The van der Waals surface area contributed by atoms with Crippen LogP contribution in [0.15, 0.2) is 72.0 Å². The highest BCUT2D eigenvalue weighted by Gasteiger charge is 2.38. The van der Waals surface area contributed by atoms with Gasteiger partial charge in [-0.2, -0.15) is 0 Å². The predicted molar refractivity (Wildman–Crippen MR) is 122 cm³/mol. The van der Waals surface area contributed by atoms with Crippen molar-refractivity contribution in [1.29, 1.82) is 0 Å². The summed E-state index contributed by atoms with van der Waals surface area (Å²) >= 11 is 0. The highest BCUT2D eigenvalue weighted by atomic mass is 16.5. The minimum atomic E-state index is -0.593. The Balaban J connectivity index is 2.09. The van der Waals surface area contributed by atoms with E-state index in [0.717, 1.165) is 0 Å². The number of rotatable bonds is 8. The largest absolute Gasteiger partial charge is 0.493 e. The van der Waals surface area contributed by atoms with E-state index in [1.165, 1.54) is 26.2 Å². The second-order valence-electron chi connectivity index (χ2n) is 6.86. The van der Waals surface area contributed by atoms with Crippen LogP contribution in [0.25, 0.3) is 6.08 Å². The van der Waals surface area contributed by atoms with Gasteiger partial charge in [0.25, 0.3) is 5.91 Å². The van der Waals surface area contributed by atoms with Crippen LogP contribution < -0.4 is 19.1 Å². The Kier molecular flexibility index (Phi) is 7.00. The van der Waals surface area contributed by atoms with Crippen molar-refractivity contribution in [3.63, 3.8) is 0 Å². The third-order valence-corrected chi connectivity index (χ3v) is 4.95. The zero-order chi connectivity index (χ0) is 23.3. The highest BCUT2D eigenvalue weighted by molar-refractivity contribution is 6.23. The molecule has 0 N–H and O–H groups in total. The van der Waals surface area contributed by atoms with E-state index < -0.39 is 5.97 Å². The van der Waals surface area contributed by atoms with Crippen LogP contribution in [0, 0.1) is 0 Å². The van der Waals surface area contributed by atoms with Crippen LogP contribution >= 0.6 is 0 Å². The molecule has 166 valence electrons. The molecule has 0 aliphatic carbocycles. The minimum Gasteiger partial charge on any atom is -0.493 e. The van der Waals surface area contributed by atoms with E-state index in [1.807, 2.05) is 12.1 Å². The lowest BCUT2D eigenvalue weighted by atomic mass is 10.0. The van der Waals surface area contributed by atoms with E-state index in [-0.39, 0.29) is 17.1 Å². The summed E-state index contributed by atoms with van der Waals surface area (Å²) < 4.78 is 21.2. The van der Waals surface area contributed by atoms with Gasteiger partial charge in [-0.25, -0.2) is 4.79 Å². The molecule has 0 unspecified atom stereocenters. The molecular weight excluding hydrogens is 410 g/mol. The molecule has 1 aliphatic heterocycles. The first kappa shape index (κ1) is 22.7. The number of amides is 1. The van der Waals surface area contributed by atoms with Gasteiger partial charge in [-0.05, 0) is 42.8 Å². The summed E-state index contributed by atoms with van der Waals surface area (Å²) in [5, 5.41) is 0. The number of anilines is 1. The average Bonchev–Trinajstić information content (AvgIpc) is 3.06. The van der Waals surface area contributed by atoms with E-state index in [1.54, 1.807) is 49.4 Å². The van der Waals surface area contributed by atoms with Gasteiger partial charge in [0.1, 0.15) is 12.4 Å². The van der Waals surface area contributed by atoms with Gasteiger partial charge in [0.2, 0.25) is 0 Å². The Bertz CT molecular complexity index is 1120. The molecule has 7 heteroatoms. The number of hydrogen-bond donors (Lipinski definition) is 0. The van der Waals surface area contributed by atoms with Crippen LogP contribution in [0.4, 0.5) is 5.69 Å². The summed E-state index contributed by atoms with van der Waals surface area (Å²) in [6.07, 6.45) is 3.30. The predicted octanol–water partition coefficient (Wildman–Crippen LogP) is 4.15. The number of carbonyl (C=O) groups excluding carboxylic acids is 2. The number of methoxy groups -OCH3 is 3. The van der Waals surface area contributed by atoms with Crippen molar-refractivity contribution in [1.82, 2.24) is 0 Å². The molecule has 0 saturated heterocycles. The Morgan fingerprint density at radius 3 is 2.47 bits per heavy atom. The molecule has 0 radical (unpaired) electrons. The SMILES string of the molecule is C=CCOc1cccc(/C=C2\C(=O)N(c3ccc(OC)c(OC)c3)C(C)=C2C(=O)OC)c1. The molecule has 1 amide bonds. The van der Waals surface area contributed by atoms with Crippen molar-refractivity contribution in [3.05, 3.63) is 77.5 Å². The van der Waals surface area contributed by atoms with E-state index in [4.69, 9.17) is 18.9 Å². The Morgan fingerprint density at radius 2 is 1.81 bits per heavy atom. The fourth-order valence-electron chi connectivity index (χ4n) is 3.47. The second kappa shape index (κ2) is 9.87. The van der Waals surface area contributed by atoms with E-state index in [0.29, 0.717) is 40.8 Å². The van der Waals surface area contributed by atoms with Crippen LogP contribution in [0.5, 0.6) is 17.2 Å². The smallest absolute Gasteiger partial charge is 0.340 e. The monoisotopic (exact) mass is 435 g/mol. The fourth-order valence-corrected chi connectivity index (χ4v) is 3.47. The van der Waals surface area contributed by atoms with Gasteiger partial charge in [0.15, 0.2) is 11.5 Å². The first-order valence-electron chi connectivity index (χ1n) is 9.86. The van der Waals surface area contributed by atoms with Crippen LogP contribution in [0.3, 0.4) is 0 Å². The number of esters is 1. The van der Waals surface area contributed by atoms with Crippen molar-refractivity contribution in [3.8, 4) is 17.2 Å². The quantitative estimate of drug-likeness (QED) is 0.352. The maximum atomic E-state index is 13.5. The van der Waals surface area contributed by atoms with Gasteiger partial charge in [0.05, 0.1) is 38.2 Å². The first-order valence-corrected chi connectivity index (χ1v) is 9.86. The zero-order valence-corrected chi connectivity index (χ0v) is 18.5. The summed E-state index contributed by atoms with van der Waals surface area (Å²) in [7, 11) is 4.34. The average molecular weight is 435 g/mol. The van der Waals surface area contributed by atoms with Gasteiger partial charge in [-0.15, -0.1) is 0 Å². The van der Waals surface area contributed by atoms with Gasteiger partial charge in [0, 0.05) is 11.8 Å². The normalized spacial score (nSPS) is 14.6. The molecule has 0 bridgehead atoms. The Hall–Kier alpha value is -4.00. The minimum absolute atomic E-state index is 0.199. The Labute approximate surface area is 187 Å². The molecule has 1 aliphatic rings. The summed E-state index contributed by atoms with van der Waals surface area (Å²) in [5.74, 6) is 0.679. The Morgan fingerprint density at radius 1 is 1.06 bits per heavy atom. The van der Waals surface area contributed by atoms with Crippen LogP contribution in [-0.2, 0) is 14.3 Å². The second-order valence-corrected chi connectivity index (χ2v) is 6.86. The van der Waals surface area contributed by atoms with Crippen LogP contribution in [0.2, 0.25) is 0 Å². The van der Waals surface area contributed by atoms with E-state index >= 15 is 0 Å². The third kappa shape index (κ3) is 4.37. The molecule has 3 rings (SSSR count). The van der Waals surface area contributed by atoms with Crippen molar-refractivity contribution in [2.75, 3.05) is 32.8 Å². The molecule has 0 atom stereocenters. The number of allylic oxidation sites excluding steroid dienone is 1. The number of benzene rings is 2. The molecule has 0 saturated carbocycles. The summed E-state index contributed by atoms with van der Waals surface area (Å²) in [6, 6.07) is 12.3. The van der Waals surface area contributed by atoms with Crippen LogP contribution in [-0.4, -0.2) is 39.8 Å². The molecule has 0 aromatic heterocycles. The lowest BCUT2D eigenvalue weighted by molar-refractivity contribution is -0.136. The number of ether oxygens (including phenoxy) is 4. The molecule has 32 heavy (non-hydrogen) atoms. The lowest BCUT2D eigenvalue weighted by Crippen LogP contribution is -2.24. The lowest BCUT2D eigenvalue weighted by Gasteiger charge is -2.19. The molecule has 2 aromatic rings. The molecule has 7 nitrogen and oxygen atoms in total. The maximum absolute atomic E-state index is 13.5. The van der Waals surface area contributed by atoms with Crippen molar-refractivity contribution in [2.24, 2.45) is 0 Å². The summed E-state index contributed by atoms with van der Waals surface area (Å²) in [5.41, 5.74) is 2.13. The van der Waals surface area contributed by atoms with Crippen molar-refractivity contribution >= 4 is 23.6 Å². The third-order valence-electron chi connectivity index (χ3n) is 4.95. The zero-order valence-electron chi connectivity index (χ0n) is 18.5. The van der Waals surface area contributed by atoms with Gasteiger partial charge in [-0.1, -0.05) is 24.8 Å². The first-order chi connectivity index (χ1) is 15.4. The molecule has 2 aromatic carbocycles. The number of nitrogens with zero attached hydrogens (tertiary/aromatic N) is 1. The summed E-state index contributed by atoms with van der Waals surface area (Å²) in [6.45, 7) is 5.70. The van der Waals surface area contributed by atoms with Crippen molar-refractivity contribution < 1.29 is 28.5 Å². The molecule has 1 heterocycles. The van der Waals surface area contributed by atoms with E-state index in [9.17, 15) is 9.59 Å². The molecular formula is C25H25NO6. The highest BCUT2D eigenvalue weighted by Crippen LogP contribution is 2.39. The number of hydrogen-bond acceptors (Lipinski definition) is 6. The van der Waals surface area contributed by atoms with Gasteiger partial charge < -0.3 is 18.9 Å². The molecule has 0 fully saturated rings. The van der Waals surface area contributed by atoms with Crippen LogP contribution in [0.1, 0.15) is 12.5 Å². The fraction of sp³-hybridized carbons (Fsp3) is 0.200. The van der Waals surface area contributed by atoms with Gasteiger partial charge in [-0.3, -0.25) is 9.69 Å². The summed E-state index contributed by atoms with van der Waals surface area (Å²) in [4.78, 5) is 27.5. The molecule has 0 spiro atoms. The number of carbonyl (C=O) groups is 2. The van der Waals surface area contributed by atoms with Crippen molar-refractivity contribution in [2.45, 2.75) is 6.92 Å². The topological polar surface area (TPSA) is 74.3 Å². The van der Waals surface area contributed by atoms with E-state index in [2.05, 4.69) is 6.58 Å².